The third-order valence-corrected chi connectivity index (χ3v) is 3.45. The van der Waals surface area contributed by atoms with Gasteiger partial charge in [-0.15, -0.1) is 0 Å². The van der Waals surface area contributed by atoms with Gasteiger partial charge in [0.2, 0.25) is 11.7 Å². The van der Waals surface area contributed by atoms with Gasteiger partial charge >= 0.3 is 5.97 Å². The molecule has 0 radical (unpaired) electrons. The van der Waals surface area contributed by atoms with Crippen molar-refractivity contribution >= 4 is 21.9 Å². The van der Waals surface area contributed by atoms with Crippen molar-refractivity contribution in [3.63, 3.8) is 0 Å². The van der Waals surface area contributed by atoms with Crippen LogP contribution in [0.5, 0.6) is 0 Å². The van der Waals surface area contributed by atoms with Crippen LogP contribution in [0.2, 0.25) is 0 Å². The van der Waals surface area contributed by atoms with Crippen LogP contribution < -0.4 is 0 Å². The van der Waals surface area contributed by atoms with Crippen LogP contribution in [-0.2, 0) is 11.3 Å². The third kappa shape index (κ3) is 2.85. The van der Waals surface area contributed by atoms with Gasteiger partial charge in [-0.3, -0.25) is 0 Å². The number of benzene rings is 1. The average Bonchev–Trinajstić information content (AvgIpc) is 2.77. The molecule has 0 atom stereocenters. The molecule has 5 nitrogen and oxygen atoms in total. The molecule has 1 aromatic carbocycles. The highest BCUT2D eigenvalue weighted by Crippen LogP contribution is 2.27. The third-order valence-electron chi connectivity index (χ3n) is 2.59. The normalized spacial score (nSPS) is 10.7. The predicted molar refractivity (Wildman–Crippen MR) is 72.0 cm³/mol. The first-order valence-corrected chi connectivity index (χ1v) is 6.30. The van der Waals surface area contributed by atoms with Gasteiger partial charge in [-0.25, -0.2) is 9.78 Å². The molecule has 0 aliphatic carbocycles. The number of nitrogens with zero attached hydrogens (tertiary/aromatic N) is 1. The second-order valence-electron chi connectivity index (χ2n) is 4.00. The molecule has 19 heavy (non-hydrogen) atoms. The Kier molecular flexibility index (Phi) is 4.01. The second-order valence-corrected chi connectivity index (χ2v) is 4.85. The number of methoxy groups -OCH3 is 1. The van der Waals surface area contributed by atoms with E-state index in [0.29, 0.717) is 5.56 Å². The Hall–Kier alpha value is -1.66. The van der Waals surface area contributed by atoms with Crippen molar-refractivity contribution in [1.82, 2.24) is 4.98 Å². The van der Waals surface area contributed by atoms with Gasteiger partial charge in [0.25, 0.3) is 0 Å². The summed E-state index contributed by atoms with van der Waals surface area (Å²) >= 11 is 3.42. The maximum Gasteiger partial charge on any atom is 0.373 e. The lowest BCUT2D eigenvalue weighted by Crippen LogP contribution is -2.00. The molecule has 0 saturated heterocycles. The summed E-state index contributed by atoms with van der Waals surface area (Å²) in [5.41, 5.74) is 2.06. The zero-order valence-corrected chi connectivity index (χ0v) is 12.0. The Labute approximate surface area is 118 Å². The molecule has 2 aromatic rings. The number of hydrogen-bond acceptors (Lipinski definition) is 4. The summed E-state index contributed by atoms with van der Waals surface area (Å²) in [6.45, 7) is 2.06. The fourth-order valence-electron chi connectivity index (χ4n) is 1.60. The molecular formula is C13H12BrNO4. The van der Waals surface area contributed by atoms with Gasteiger partial charge < -0.3 is 14.3 Å². The van der Waals surface area contributed by atoms with Crippen LogP contribution in [0.3, 0.4) is 0 Å². The molecule has 1 heterocycles. The lowest BCUT2D eigenvalue weighted by molar-refractivity contribution is 0.0656. The van der Waals surface area contributed by atoms with Crippen LogP contribution in [0.25, 0.3) is 11.5 Å². The van der Waals surface area contributed by atoms with E-state index in [4.69, 9.17) is 14.3 Å². The topological polar surface area (TPSA) is 72.6 Å². The van der Waals surface area contributed by atoms with E-state index in [2.05, 4.69) is 20.9 Å². The fraction of sp³-hybridized carbons (Fsp3) is 0.231. The number of rotatable bonds is 4. The monoisotopic (exact) mass is 325 g/mol. The molecule has 2 rings (SSSR count). The Morgan fingerprint density at radius 1 is 1.53 bits per heavy atom. The number of aromatic carboxylic acids is 1. The standard InChI is InChI=1S/C13H12BrNO4/c1-7-3-4-8(5-9(7)14)12-15-10(6-18-2)11(19-12)13(16)17/h3-5H,6H2,1-2H3,(H,16,17). The van der Waals surface area contributed by atoms with Crippen LogP contribution in [0.15, 0.2) is 27.1 Å². The molecule has 100 valence electrons. The maximum atomic E-state index is 11.1. The van der Waals surface area contributed by atoms with Crippen molar-refractivity contribution in [2.24, 2.45) is 0 Å². The Morgan fingerprint density at radius 2 is 2.26 bits per heavy atom. The maximum absolute atomic E-state index is 11.1. The zero-order chi connectivity index (χ0) is 14.0. The summed E-state index contributed by atoms with van der Waals surface area (Å²) in [7, 11) is 1.47. The number of carbonyl (C=O) groups is 1. The summed E-state index contributed by atoms with van der Waals surface area (Å²) in [5.74, 6) is -1.07. The molecule has 1 N–H and O–H groups in total. The molecule has 0 aliphatic rings. The van der Waals surface area contributed by atoms with Crippen molar-refractivity contribution in [3.05, 3.63) is 39.7 Å². The molecule has 0 amide bonds. The highest BCUT2D eigenvalue weighted by molar-refractivity contribution is 9.10. The minimum absolute atomic E-state index is 0.0954. The van der Waals surface area contributed by atoms with Crippen molar-refractivity contribution in [3.8, 4) is 11.5 Å². The molecule has 0 fully saturated rings. The van der Waals surface area contributed by atoms with Crippen molar-refractivity contribution in [1.29, 1.82) is 0 Å². The van der Waals surface area contributed by atoms with Gasteiger partial charge in [0, 0.05) is 17.1 Å². The van der Waals surface area contributed by atoms with E-state index in [1.165, 1.54) is 7.11 Å². The van der Waals surface area contributed by atoms with Gasteiger partial charge in [0.1, 0.15) is 5.69 Å². The Morgan fingerprint density at radius 3 is 2.84 bits per heavy atom. The quantitative estimate of drug-likeness (QED) is 0.934. The first-order valence-electron chi connectivity index (χ1n) is 5.51. The largest absolute Gasteiger partial charge is 0.475 e. The first kappa shape index (κ1) is 13.8. The smallest absolute Gasteiger partial charge is 0.373 e. The van der Waals surface area contributed by atoms with E-state index >= 15 is 0 Å². The van der Waals surface area contributed by atoms with Crippen molar-refractivity contribution < 1.29 is 19.1 Å². The number of carboxylic acid groups (broad SMARTS) is 1. The number of carboxylic acids is 1. The summed E-state index contributed by atoms with van der Waals surface area (Å²) in [5, 5.41) is 9.05. The van der Waals surface area contributed by atoms with Crippen LogP contribution in [-0.4, -0.2) is 23.2 Å². The number of ether oxygens (including phenoxy) is 1. The molecule has 1 aromatic heterocycles. The highest BCUT2D eigenvalue weighted by atomic mass is 79.9. The molecule has 6 heteroatoms. The van der Waals surface area contributed by atoms with Crippen molar-refractivity contribution in [2.75, 3.05) is 7.11 Å². The lowest BCUT2D eigenvalue weighted by Gasteiger charge is -1.99. The van der Waals surface area contributed by atoms with Gasteiger partial charge in [0.15, 0.2) is 0 Å². The molecular weight excluding hydrogens is 314 g/mol. The van der Waals surface area contributed by atoms with Crippen LogP contribution in [0, 0.1) is 6.92 Å². The van der Waals surface area contributed by atoms with Gasteiger partial charge in [-0.1, -0.05) is 22.0 Å². The van der Waals surface area contributed by atoms with Crippen LogP contribution >= 0.6 is 15.9 Å². The lowest BCUT2D eigenvalue weighted by atomic mass is 10.1. The van der Waals surface area contributed by atoms with Gasteiger partial charge in [0.05, 0.1) is 6.61 Å². The molecule has 0 saturated carbocycles. The Balaban J connectivity index is 2.47. The minimum atomic E-state index is -1.16. The van der Waals surface area contributed by atoms with Crippen LogP contribution in [0.4, 0.5) is 0 Å². The second kappa shape index (κ2) is 5.54. The van der Waals surface area contributed by atoms with E-state index in [9.17, 15) is 4.79 Å². The van der Waals surface area contributed by atoms with Crippen LogP contribution in [0.1, 0.15) is 21.8 Å². The van der Waals surface area contributed by atoms with E-state index in [0.717, 1.165) is 10.0 Å². The number of oxazole rings is 1. The number of aromatic nitrogens is 1. The fourth-order valence-corrected chi connectivity index (χ4v) is 1.98. The van der Waals surface area contributed by atoms with E-state index in [1.807, 2.05) is 25.1 Å². The molecule has 0 aliphatic heterocycles. The Bertz CT molecular complexity index is 621. The van der Waals surface area contributed by atoms with Crippen molar-refractivity contribution in [2.45, 2.75) is 13.5 Å². The zero-order valence-electron chi connectivity index (χ0n) is 10.4. The first-order chi connectivity index (χ1) is 9.02. The summed E-state index contributed by atoms with van der Waals surface area (Å²) in [4.78, 5) is 15.2. The number of aryl methyl sites for hydroxylation is 1. The number of hydrogen-bond donors (Lipinski definition) is 1. The average molecular weight is 326 g/mol. The summed E-state index contributed by atoms with van der Waals surface area (Å²) in [6.07, 6.45) is 0. The van der Waals surface area contributed by atoms with E-state index in [-0.39, 0.29) is 24.0 Å². The SMILES string of the molecule is COCc1nc(-c2ccc(C)c(Br)c2)oc1C(=O)O. The predicted octanol–water partition coefficient (Wildman–Crippen LogP) is 3.26. The summed E-state index contributed by atoms with van der Waals surface area (Å²) < 4.78 is 11.1. The minimum Gasteiger partial charge on any atom is -0.475 e. The van der Waals surface area contributed by atoms with E-state index in [1.54, 1.807) is 0 Å². The molecule has 0 bridgehead atoms. The van der Waals surface area contributed by atoms with E-state index < -0.39 is 5.97 Å². The molecule has 0 unspecified atom stereocenters. The van der Waals surface area contributed by atoms with Gasteiger partial charge in [-0.05, 0) is 24.6 Å². The number of halogens is 1. The van der Waals surface area contributed by atoms with Gasteiger partial charge in [-0.2, -0.15) is 0 Å². The molecule has 0 spiro atoms. The highest BCUT2D eigenvalue weighted by Gasteiger charge is 2.20. The summed E-state index contributed by atoms with van der Waals surface area (Å²) in [6, 6.07) is 5.57.